The highest BCUT2D eigenvalue weighted by molar-refractivity contribution is 5.58. The third-order valence-electron chi connectivity index (χ3n) is 1.47. The number of hydrogen-bond donors (Lipinski definition) is 2. The number of hydrogen-bond acceptors (Lipinski definition) is 3. The van der Waals surface area contributed by atoms with E-state index in [9.17, 15) is 8.78 Å². The van der Waals surface area contributed by atoms with Crippen molar-refractivity contribution in [2.45, 2.75) is 13.3 Å². The van der Waals surface area contributed by atoms with Gasteiger partial charge in [0.2, 0.25) is 0 Å². The summed E-state index contributed by atoms with van der Waals surface area (Å²) in [6.07, 6.45) is -2.67. The fourth-order valence-corrected chi connectivity index (χ4v) is 0.971. The van der Waals surface area contributed by atoms with E-state index in [-0.39, 0.29) is 17.1 Å². The second-order valence-electron chi connectivity index (χ2n) is 2.45. The van der Waals surface area contributed by atoms with Gasteiger partial charge in [-0.2, -0.15) is 0 Å². The van der Waals surface area contributed by atoms with E-state index in [0.29, 0.717) is 5.69 Å². The lowest BCUT2D eigenvalue weighted by atomic mass is 10.2. The number of aryl methyl sites for hydroxylation is 1. The topological polar surface area (TPSA) is 64.9 Å². The highest BCUT2D eigenvalue weighted by atomic mass is 19.3. The van der Waals surface area contributed by atoms with Crippen LogP contribution in [0, 0.1) is 6.92 Å². The maximum absolute atomic E-state index is 12.2. The third-order valence-corrected chi connectivity index (χ3v) is 1.47. The van der Waals surface area contributed by atoms with Crippen molar-refractivity contribution in [1.29, 1.82) is 0 Å². The summed E-state index contributed by atoms with van der Waals surface area (Å²) in [4.78, 5) is 3.67. The minimum atomic E-state index is -2.67. The van der Waals surface area contributed by atoms with Gasteiger partial charge in [0.05, 0.1) is 5.56 Å². The van der Waals surface area contributed by atoms with Gasteiger partial charge in [0, 0.05) is 11.4 Å². The number of nitrogens with zero attached hydrogens (tertiary/aromatic N) is 1. The van der Waals surface area contributed by atoms with Gasteiger partial charge >= 0.3 is 0 Å². The van der Waals surface area contributed by atoms with Gasteiger partial charge in [-0.15, -0.1) is 0 Å². The average Bonchev–Trinajstić information content (AvgIpc) is 1.82. The highest BCUT2D eigenvalue weighted by Crippen LogP contribution is 2.29. The molecule has 1 aromatic heterocycles. The summed E-state index contributed by atoms with van der Waals surface area (Å²) in [5.41, 5.74) is 10.7. The quantitative estimate of drug-likeness (QED) is 0.676. The first-order valence-corrected chi connectivity index (χ1v) is 3.33. The zero-order valence-electron chi connectivity index (χ0n) is 6.51. The van der Waals surface area contributed by atoms with E-state index in [1.165, 1.54) is 6.07 Å². The molecule has 0 unspecified atom stereocenters. The maximum Gasteiger partial charge on any atom is 0.269 e. The maximum atomic E-state index is 12.2. The van der Waals surface area contributed by atoms with Crippen molar-refractivity contribution >= 4 is 11.5 Å². The van der Waals surface area contributed by atoms with Crippen LogP contribution in [0.4, 0.5) is 20.3 Å². The van der Waals surface area contributed by atoms with Gasteiger partial charge < -0.3 is 11.5 Å². The molecular weight excluding hydrogens is 164 g/mol. The fourth-order valence-electron chi connectivity index (χ4n) is 0.971. The molecule has 0 aromatic carbocycles. The van der Waals surface area contributed by atoms with Crippen molar-refractivity contribution in [1.82, 2.24) is 4.98 Å². The standard InChI is InChI=1S/C7H9F2N3/c1-3-2-4(10)5(6(8)9)7(11)12-3/h2,6H,1H3,(H4,10,11,12). The first-order valence-electron chi connectivity index (χ1n) is 3.33. The van der Waals surface area contributed by atoms with Gasteiger partial charge in [-0.1, -0.05) is 0 Å². The molecule has 0 aliphatic heterocycles. The van der Waals surface area contributed by atoms with Gasteiger partial charge in [-0.25, -0.2) is 13.8 Å². The predicted molar refractivity (Wildman–Crippen MR) is 42.8 cm³/mol. The Hall–Kier alpha value is -1.39. The number of halogens is 2. The lowest BCUT2D eigenvalue weighted by Gasteiger charge is -2.07. The lowest BCUT2D eigenvalue weighted by Crippen LogP contribution is -2.04. The van der Waals surface area contributed by atoms with Crippen LogP contribution in [0.2, 0.25) is 0 Å². The molecule has 1 heterocycles. The minimum Gasteiger partial charge on any atom is -0.398 e. The van der Waals surface area contributed by atoms with Gasteiger partial charge in [0.15, 0.2) is 0 Å². The van der Waals surface area contributed by atoms with E-state index in [4.69, 9.17) is 11.5 Å². The van der Waals surface area contributed by atoms with Crippen LogP contribution < -0.4 is 11.5 Å². The zero-order valence-corrected chi connectivity index (χ0v) is 6.51. The summed E-state index contributed by atoms with van der Waals surface area (Å²) >= 11 is 0. The normalized spacial score (nSPS) is 10.7. The Labute approximate surface area is 68.4 Å². The molecule has 0 bridgehead atoms. The van der Waals surface area contributed by atoms with Crippen molar-refractivity contribution in [3.8, 4) is 0 Å². The molecule has 12 heavy (non-hydrogen) atoms. The number of anilines is 2. The molecule has 3 nitrogen and oxygen atoms in total. The molecule has 0 radical (unpaired) electrons. The minimum absolute atomic E-state index is 0.00463. The van der Waals surface area contributed by atoms with Crippen LogP contribution in [0.5, 0.6) is 0 Å². The van der Waals surface area contributed by atoms with Crippen molar-refractivity contribution in [3.05, 3.63) is 17.3 Å². The van der Waals surface area contributed by atoms with E-state index in [0.717, 1.165) is 0 Å². The monoisotopic (exact) mass is 173 g/mol. The molecule has 5 heteroatoms. The fraction of sp³-hybridized carbons (Fsp3) is 0.286. The smallest absolute Gasteiger partial charge is 0.269 e. The summed E-state index contributed by atoms with van der Waals surface area (Å²) in [5, 5.41) is 0. The number of nitrogens with two attached hydrogens (primary N) is 2. The molecule has 0 saturated carbocycles. The first-order chi connectivity index (χ1) is 5.52. The first kappa shape index (κ1) is 8.70. The highest BCUT2D eigenvalue weighted by Gasteiger charge is 2.16. The van der Waals surface area contributed by atoms with Crippen LogP contribution in [0.1, 0.15) is 17.7 Å². The molecule has 66 valence electrons. The Morgan fingerprint density at radius 3 is 2.42 bits per heavy atom. The number of rotatable bonds is 1. The SMILES string of the molecule is Cc1cc(N)c(C(F)F)c(N)n1. The van der Waals surface area contributed by atoms with Crippen molar-refractivity contribution in [2.24, 2.45) is 0 Å². The predicted octanol–water partition coefficient (Wildman–Crippen LogP) is 1.49. The third kappa shape index (κ3) is 1.44. The van der Waals surface area contributed by atoms with Crippen LogP contribution >= 0.6 is 0 Å². The molecule has 0 spiro atoms. The molecule has 1 rings (SSSR count). The van der Waals surface area contributed by atoms with E-state index < -0.39 is 6.43 Å². The molecule has 0 saturated heterocycles. The number of nitrogen functional groups attached to an aromatic ring is 2. The van der Waals surface area contributed by atoms with Crippen LogP contribution in [0.15, 0.2) is 6.07 Å². The van der Waals surface area contributed by atoms with E-state index in [2.05, 4.69) is 4.98 Å². The largest absolute Gasteiger partial charge is 0.398 e. The van der Waals surface area contributed by atoms with Gasteiger partial charge in [-0.3, -0.25) is 0 Å². The number of aromatic nitrogens is 1. The zero-order chi connectivity index (χ0) is 9.30. The molecule has 0 amide bonds. The summed E-state index contributed by atoms with van der Waals surface area (Å²) in [5.74, 6) is -0.192. The molecule has 4 N–H and O–H groups in total. The van der Waals surface area contributed by atoms with Gasteiger partial charge in [0.25, 0.3) is 6.43 Å². The van der Waals surface area contributed by atoms with Crippen LogP contribution in [0.25, 0.3) is 0 Å². The molecular formula is C7H9F2N3. The Bertz CT molecular complexity index is 276. The van der Waals surface area contributed by atoms with Crippen molar-refractivity contribution in [3.63, 3.8) is 0 Å². The Morgan fingerprint density at radius 1 is 1.42 bits per heavy atom. The Morgan fingerprint density at radius 2 is 2.00 bits per heavy atom. The van der Waals surface area contributed by atoms with E-state index in [1.807, 2.05) is 0 Å². The molecule has 1 aromatic rings. The van der Waals surface area contributed by atoms with Crippen LogP contribution in [-0.2, 0) is 0 Å². The van der Waals surface area contributed by atoms with Crippen LogP contribution in [-0.4, -0.2) is 4.98 Å². The summed E-state index contributed by atoms with van der Waals surface area (Å²) < 4.78 is 24.4. The summed E-state index contributed by atoms with van der Waals surface area (Å²) in [6, 6.07) is 1.37. The number of pyridine rings is 1. The van der Waals surface area contributed by atoms with Crippen LogP contribution in [0.3, 0.4) is 0 Å². The second kappa shape index (κ2) is 2.92. The molecule has 0 aliphatic rings. The molecule has 0 fully saturated rings. The van der Waals surface area contributed by atoms with Crippen molar-refractivity contribution < 1.29 is 8.78 Å². The van der Waals surface area contributed by atoms with E-state index >= 15 is 0 Å². The summed E-state index contributed by atoms with van der Waals surface area (Å²) in [7, 11) is 0. The Kier molecular flexibility index (Phi) is 2.12. The second-order valence-corrected chi connectivity index (χ2v) is 2.45. The van der Waals surface area contributed by atoms with Gasteiger partial charge in [-0.05, 0) is 13.0 Å². The summed E-state index contributed by atoms with van der Waals surface area (Å²) in [6.45, 7) is 1.64. The molecule has 0 aliphatic carbocycles. The van der Waals surface area contributed by atoms with Crippen molar-refractivity contribution in [2.75, 3.05) is 11.5 Å². The van der Waals surface area contributed by atoms with E-state index in [1.54, 1.807) is 6.92 Å². The van der Waals surface area contributed by atoms with Gasteiger partial charge in [0.1, 0.15) is 5.82 Å². The molecule has 0 atom stereocenters. The Balaban J connectivity index is 3.28. The lowest BCUT2D eigenvalue weighted by molar-refractivity contribution is 0.152. The number of alkyl halides is 2. The average molecular weight is 173 g/mol.